The molecule has 0 spiro atoms. The van der Waals surface area contributed by atoms with Gasteiger partial charge in [0.15, 0.2) is 5.76 Å². The predicted molar refractivity (Wildman–Crippen MR) is 128 cm³/mol. The van der Waals surface area contributed by atoms with Crippen LogP contribution in [0.1, 0.15) is 48.1 Å². The van der Waals surface area contributed by atoms with Gasteiger partial charge in [0.2, 0.25) is 9.84 Å². The largest absolute Gasteiger partial charge is 0.502 e. The molecule has 0 saturated carbocycles. The van der Waals surface area contributed by atoms with Crippen LogP contribution in [0.3, 0.4) is 0 Å². The van der Waals surface area contributed by atoms with Crippen LogP contribution in [-0.2, 0) is 21.2 Å². The number of benzene rings is 3. The molecule has 1 aliphatic rings. The molecule has 1 aliphatic heterocycles. The van der Waals surface area contributed by atoms with Gasteiger partial charge in [-0.1, -0.05) is 86.1 Å². The molecular formula is C27H27NO4S. The number of aliphatic hydroxyl groups excluding tert-OH is 1. The number of sulfone groups is 1. The van der Waals surface area contributed by atoms with Gasteiger partial charge in [0.25, 0.3) is 5.91 Å². The fourth-order valence-electron chi connectivity index (χ4n) is 4.08. The molecule has 3 aromatic rings. The summed E-state index contributed by atoms with van der Waals surface area (Å²) in [4.78, 5) is 14.4. The van der Waals surface area contributed by atoms with Crippen molar-refractivity contribution in [2.45, 2.75) is 44.2 Å². The normalized spacial score (nSPS) is 16.7. The molecule has 0 aromatic heterocycles. The first kappa shape index (κ1) is 22.8. The molecule has 4 rings (SSSR count). The number of carbonyl (C=O) groups is 1. The zero-order chi connectivity index (χ0) is 23.8. The molecule has 33 heavy (non-hydrogen) atoms. The first-order valence-corrected chi connectivity index (χ1v) is 12.4. The fourth-order valence-corrected chi connectivity index (χ4v) is 5.75. The van der Waals surface area contributed by atoms with Gasteiger partial charge in [-0.15, -0.1) is 0 Å². The van der Waals surface area contributed by atoms with Crippen molar-refractivity contribution < 1.29 is 18.3 Å². The number of nitrogens with zero attached hydrogens (tertiary/aromatic N) is 1. The van der Waals surface area contributed by atoms with E-state index in [1.54, 1.807) is 18.2 Å². The minimum absolute atomic E-state index is 0.0420. The van der Waals surface area contributed by atoms with E-state index in [1.807, 2.05) is 55.5 Å². The topological polar surface area (TPSA) is 74.7 Å². The minimum Gasteiger partial charge on any atom is -0.502 e. The summed E-state index contributed by atoms with van der Waals surface area (Å²) in [6.07, 6.45) is 0. The second-order valence-electron chi connectivity index (χ2n) is 8.67. The van der Waals surface area contributed by atoms with Crippen molar-refractivity contribution in [2.24, 2.45) is 0 Å². The van der Waals surface area contributed by atoms with Crippen molar-refractivity contribution >= 4 is 15.7 Å². The number of aliphatic hydroxyl groups is 1. The molecule has 0 radical (unpaired) electrons. The second-order valence-corrected chi connectivity index (χ2v) is 10.6. The third-order valence-corrected chi connectivity index (χ3v) is 7.88. The van der Waals surface area contributed by atoms with Crippen LogP contribution in [0.4, 0.5) is 0 Å². The van der Waals surface area contributed by atoms with E-state index in [2.05, 4.69) is 13.8 Å². The Morgan fingerprint density at radius 3 is 2.09 bits per heavy atom. The molecule has 3 aromatic carbocycles. The predicted octanol–water partition coefficient (Wildman–Crippen LogP) is 5.45. The average Bonchev–Trinajstić information content (AvgIpc) is 3.06. The van der Waals surface area contributed by atoms with Crippen LogP contribution in [0.25, 0.3) is 0 Å². The van der Waals surface area contributed by atoms with E-state index < -0.39 is 27.5 Å². The average molecular weight is 462 g/mol. The highest BCUT2D eigenvalue weighted by molar-refractivity contribution is 7.95. The van der Waals surface area contributed by atoms with Crippen molar-refractivity contribution in [3.63, 3.8) is 0 Å². The van der Waals surface area contributed by atoms with E-state index in [-0.39, 0.29) is 16.3 Å². The smallest absolute Gasteiger partial charge is 0.290 e. The van der Waals surface area contributed by atoms with Crippen LogP contribution in [0.5, 0.6) is 0 Å². The van der Waals surface area contributed by atoms with Crippen molar-refractivity contribution in [3.8, 4) is 0 Å². The van der Waals surface area contributed by atoms with E-state index in [0.717, 1.165) is 16.7 Å². The lowest BCUT2D eigenvalue weighted by Crippen LogP contribution is -2.30. The number of carbonyl (C=O) groups excluding carboxylic acids is 1. The number of amides is 1. The van der Waals surface area contributed by atoms with E-state index >= 15 is 0 Å². The van der Waals surface area contributed by atoms with Crippen LogP contribution in [-0.4, -0.2) is 24.3 Å². The summed E-state index contributed by atoms with van der Waals surface area (Å²) < 4.78 is 27.2. The van der Waals surface area contributed by atoms with Gasteiger partial charge < -0.3 is 10.0 Å². The number of aryl methyl sites for hydroxylation is 1. The van der Waals surface area contributed by atoms with Gasteiger partial charge >= 0.3 is 0 Å². The van der Waals surface area contributed by atoms with Crippen molar-refractivity contribution in [3.05, 3.63) is 112 Å². The summed E-state index contributed by atoms with van der Waals surface area (Å²) in [6.45, 7) is 6.30. The Morgan fingerprint density at radius 1 is 0.909 bits per heavy atom. The lowest BCUT2D eigenvalue weighted by molar-refractivity contribution is -0.130. The molecule has 170 valence electrons. The molecule has 0 fully saturated rings. The van der Waals surface area contributed by atoms with E-state index in [0.29, 0.717) is 11.5 Å². The monoisotopic (exact) mass is 461 g/mol. The van der Waals surface area contributed by atoms with Gasteiger partial charge in [-0.3, -0.25) is 4.79 Å². The SMILES string of the molecule is Cc1ccc(CN2C(=O)C(O)=C(S(=O)(=O)c3ccccc3)[C@H]2c2ccc(C(C)C)cc2)cc1. The Kier molecular flexibility index (Phi) is 6.13. The lowest BCUT2D eigenvalue weighted by atomic mass is 9.98. The van der Waals surface area contributed by atoms with Gasteiger partial charge in [0, 0.05) is 6.54 Å². The maximum Gasteiger partial charge on any atom is 0.290 e. The van der Waals surface area contributed by atoms with E-state index in [1.165, 1.54) is 17.0 Å². The molecule has 1 heterocycles. The maximum absolute atomic E-state index is 13.6. The lowest BCUT2D eigenvalue weighted by Gasteiger charge is -2.27. The molecule has 1 atom stereocenters. The van der Waals surface area contributed by atoms with Crippen LogP contribution in [0, 0.1) is 6.92 Å². The Morgan fingerprint density at radius 2 is 1.52 bits per heavy atom. The number of hydrogen-bond acceptors (Lipinski definition) is 4. The van der Waals surface area contributed by atoms with Crippen LogP contribution in [0.2, 0.25) is 0 Å². The standard InChI is InChI=1S/C27H27NO4S/c1-18(2)21-13-15-22(16-14-21)24-26(33(31,32)23-7-5-4-6-8-23)25(29)27(30)28(24)17-20-11-9-19(3)10-12-20/h4-16,18,24,29H,17H2,1-3H3/t24-/m1/s1. The van der Waals surface area contributed by atoms with Crippen molar-refractivity contribution in [2.75, 3.05) is 0 Å². The Labute approximate surface area is 194 Å². The van der Waals surface area contributed by atoms with Crippen LogP contribution in [0.15, 0.2) is 94.4 Å². The van der Waals surface area contributed by atoms with Gasteiger partial charge in [-0.05, 0) is 41.7 Å². The van der Waals surface area contributed by atoms with Crippen molar-refractivity contribution in [1.29, 1.82) is 0 Å². The van der Waals surface area contributed by atoms with E-state index in [9.17, 15) is 18.3 Å². The Balaban J connectivity index is 1.84. The summed E-state index contributed by atoms with van der Waals surface area (Å²) in [5.74, 6) is -1.10. The first-order valence-electron chi connectivity index (χ1n) is 10.9. The zero-order valence-electron chi connectivity index (χ0n) is 18.9. The number of rotatable bonds is 6. The molecule has 0 saturated heterocycles. The molecule has 1 N–H and O–H groups in total. The summed E-state index contributed by atoms with van der Waals surface area (Å²) in [7, 11) is -4.11. The molecular weight excluding hydrogens is 434 g/mol. The highest BCUT2D eigenvalue weighted by atomic mass is 32.2. The first-order chi connectivity index (χ1) is 15.7. The minimum atomic E-state index is -4.11. The number of hydrogen-bond donors (Lipinski definition) is 1. The third kappa shape index (κ3) is 4.31. The summed E-state index contributed by atoms with van der Waals surface area (Å²) in [6, 6.07) is 22.2. The second kappa shape index (κ2) is 8.87. The van der Waals surface area contributed by atoms with Gasteiger partial charge in [-0.25, -0.2) is 8.42 Å². The zero-order valence-corrected chi connectivity index (χ0v) is 19.7. The van der Waals surface area contributed by atoms with Crippen LogP contribution < -0.4 is 0 Å². The Bertz CT molecular complexity index is 1290. The van der Waals surface area contributed by atoms with Gasteiger partial charge in [0.1, 0.15) is 4.91 Å². The fraction of sp³-hybridized carbons (Fsp3) is 0.222. The van der Waals surface area contributed by atoms with Gasteiger partial charge in [-0.2, -0.15) is 0 Å². The summed E-state index contributed by atoms with van der Waals surface area (Å²) >= 11 is 0. The Hall–Kier alpha value is -3.38. The highest BCUT2D eigenvalue weighted by Gasteiger charge is 2.46. The summed E-state index contributed by atoms with van der Waals surface area (Å²) in [5.41, 5.74) is 3.68. The molecule has 5 nitrogen and oxygen atoms in total. The van der Waals surface area contributed by atoms with Crippen LogP contribution >= 0.6 is 0 Å². The van der Waals surface area contributed by atoms with Crippen molar-refractivity contribution in [1.82, 2.24) is 4.90 Å². The molecule has 0 unspecified atom stereocenters. The molecule has 6 heteroatoms. The van der Waals surface area contributed by atoms with E-state index in [4.69, 9.17) is 0 Å². The highest BCUT2D eigenvalue weighted by Crippen LogP contribution is 2.43. The molecule has 1 amide bonds. The summed E-state index contributed by atoms with van der Waals surface area (Å²) in [5, 5.41) is 10.8. The molecule has 0 bridgehead atoms. The molecule has 0 aliphatic carbocycles. The van der Waals surface area contributed by atoms with Gasteiger partial charge in [0.05, 0.1) is 10.9 Å². The maximum atomic E-state index is 13.6. The quantitative estimate of drug-likeness (QED) is 0.530. The third-order valence-electron chi connectivity index (χ3n) is 5.99.